The van der Waals surface area contributed by atoms with Crippen molar-refractivity contribution in [3.05, 3.63) is 95.8 Å². The van der Waals surface area contributed by atoms with Gasteiger partial charge in [-0.25, -0.2) is 9.97 Å². The highest BCUT2D eigenvalue weighted by Crippen LogP contribution is 2.35. The second-order valence-electron chi connectivity index (χ2n) is 8.03. The van der Waals surface area contributed by atoms with Gasteiger partial charge in [0.25, 0.3) is 5.91 Å². The molecule has 0 spiro atoms. The Kier molecular flexibility index (Phi) is 6.91. The largest absolute Gasteiger partial charge is 0.438 e. The van der Waals surface area contributed by atoms with E-state index < -0.39 is 17.6 Å². The SMILES string of the molecule is CNc1cc(-c2cccnc2Oc2cc(C(=O)N(C)c3cccc(C(F)(F)F)c3)ccc2C)ccn1. The van der Waals surface area contributed by atoms with E-state index in [9.17, 15) is 18.0 Å². The molecule has 0 aliphatic rings. The number of ether oxygens (including phenoxy) is 1. The topological polar surface area (TPSA) is 67.4 Å². The van der Waals surface area contributed by atoms with Gasteiger partial charge in [-0.3, -0.25) is 4.79 Å². The third kappa shape index (κ3) is 5.30. The van der Waals surface area contributed by atoms with Crippen molar-refractivity contribution < 1.29 is 22.7 Å². The van der Waals surface area contributed by atoms with Crippen LogP contribution in [0.15, 0.2) is 79.1 Å². The van der Waals surface area contributed by atoms with Crippen LogP contribution in [0, 0.1) is 6.92 Å². The lowest BCUT2D eigenvalue weighted by molar-refractivity contribution is -0.137. The summed E-state index contributed by atoms with van der Waals surface area (Å²) in [5.74, 6) is 0.947. The molecule has 0 saturated heterocycles. The highest BCUT2D eigenvalue weighted by Gasteiger charge is 2.31. The summed E-state index contributed by atoms with van der Waals surface area (Å²) in [6.07, 6.45) is -1.23. The zero-order chi connectivity index (χ0) is 25.9. The first-order valence-corrected chi connectivity index (χ1v) is 11.0. The van der Waals surface area contributed by atoms with Crippen molar-refractivity contribution in [3.8, 4) is 22.8 Å². The van der Waals surface area contributed by atoms with Crippen molar-refractivity contribution in [3.63, 3.8) is 0 Å². The summed E-state index contributed by atoms with van der Waals surface area (Å²) in [6, 6.07) is 16.9. The lowest BCUT2D eigenvalue weighted by atomic mass is 10.1. The number of nitrogens with one attached hydrogen (secondary N) is 1. The van der Waals surface area contributed by atoms with Crippen LogP contribution < -0.4 is 15.0 Å². The molecule has 0 atom stereocenters. The van der Waals surface area contributed by atoms with Gasteiger partial charge in [-0.2, -0.15) is 13.2 Å². The van der Waals surface area contributed by atoms with Crippen molar-refractivity contribution in [2.24, 2.45) is 0 Å². The van der Waals surface area contributed by atoms with Crippen LogP contribution in [0.2, 0.25) is 0 Å². The summed E-state index contributed by atoms with van der Waals surface area (Å²) >= 11 is 0. The summed E-state index contributed by atoms with van der Waals surface area (Å²) in [7, 11) is 3.20. The number of nitrogens with zero attached hydrogens (tertiary/aromatic N) is 3. The normalized spacial score (nSPS) is 11.2. The molecule has 0 bridgehead atoms. The fraction of sp³-hybridized carbons (Fsp3) is 0.148. The molecule has 0 aliphatic carbocycles. The minimum absolute atomic E-state index is 0.128. The Hall–Kier alpha value is -4.40. The predicted molar refractivity (Wildman–Crippen MR) is 132 cm³/mol. The van der Waals surface area contributed by atoms with E-state index in [-0.39, 0.29) is 11.3 Å². The maximum Gasteiger partial charge on any atom is 0.416 e. The zero-order valence-corrected chi connectivity index (χ0v) is 19.8. The molecular formula is C27H23F3N4O2. The van der Waals surface area contributed by atoms with Gasteiger partial charge in [0, 0.05) is 43.3 Å². The molecule has 36 heavy (non-hydrogen) atoms. The van der Waals surface area contributed by atoms with E-state index in [0.29, 0.717) is 17.4 Å². The molecule has 1 N–H and O–H groups in total. The standard InChI is InChI=1S/C27H23F3N4O2/c1-17-9-10-19(26(35)34(3)21-7-4-6-20(16-21)27(28,29)30)14-23(17)36-25-22(8-5-12-33-25)18-11-13-32-24(15-18)31-2/h4-16H,1-3H3,(H,31,32). The number of benzene rings is 2. The highest BCUT2D eigenvalue weighted by molar-refractivity contribution is 6.06. The van der Waals surface area contributed by atoms with Gasteiger partial charge in [0.2, 0.25) is 5.88 Å². The van der Waals surface area contributed by atoms with Crippen molar-refractivity contribution >= 4 is 17.4 Å². The maximum atomic E-state index is 13.1. The van der Waals surface area contributed by atoms with Crippen molar-refractivity contribution in [2.75, 3.05) is 24.3 Å². The number of amides is 1. The molecule has 0 aliphatic heterocycles. The van der Waals surface area contributed by atoms with Gasteiger partial charge < -0.3 is 15.0 Å². The van der Waals surface area contributed by atoms with Gasteiger partial charge in [0.1, 0.15) is 11.6 Å². The Labute approximate surface area is 206 Å². The number of hydrogen-bond acceptors (Lipinski definition) is 5. The number of hydrogen-bond donors (Lipinski definition) is 1. The van der Waals surface area contributed by atoms with Crippen LogP contribution in [0.4, 0.5) is 24.7 Å². The summed E-state index contributed by atoms with van der Waals surface area (Å²) in [6.45, 7) is 1.83. The van der Waals surface area contributed by atoms with Crippen LogP contribution in [-0.2, 0) is 6.18 Å². The number of aryl methyl sites for hydroxylation is 1. The quantitative estimate of drug-likeness (QED) is 0.329. The second-order valence-corrected chi connectivity index (χ2v) is 8.03. The van der Waals surface area contributed by atoms with Gasteiger partial charge in [-0.15, -0.1) is 0 Å². The Bertz CT molecular complexity index is 1410. The average molecular weight is 493 g/mol. The lowest BCUT2D eigenvalue weighted by Gasteiger charge is -2.20. The number of halogens is 3. The molecule has 1 amide bonds. The monoisotopic (exact) mass is 492 g/mol. The van der Waals surface area contributed by atoms with Gasteiger partial charge in [0.15, 0.2) is 0 Å². The number of aromatic nitrogens is 2. The number of pyridine rings is 2. The number of anilines is 2. The molecule has 2 aromatic carbocycles. The van der Waals surface area contributed by atoms with Gasteiger partial charge in [-0.05, 0) is 72.6 Å². The zero-order valence-electron chi connectivity index (χ0n) is 19.8. The molecular weight excluding hydrogens is 469 g/mol. The van der Waals surface area contributed by atoms with Crippen LogP contribution in [0.5, 0.6) is 11.6 Å². The van der Waals surface area contributed by atoms with E-state index in [1.807, 2.05) is 25.1 Å². The number of rotatable bonds is 6. The molecule has 4 aromatic rings. The number of carbonyl (C=O) groups is 1. The summed E-state index contributed by atoms with van der Waals surface area (Å²) in [4.78, 5) is 22.9. The minimum atomic E-state index is -4.51. The molecule has 9 heteroatoms. The van der Waals surface area contributed by atoms with Crippen molar-refractivity contribution in [1.29, 1.82) is 0 Å². The van der Waals surface area contributed by atoms with Crippen LogP contribution >= 0.6 is 0 Å². The first kappa shape index (κ1) is 24.7. The van der Waals surface area contributed by atoms with E-state index in [1.54, 1.807) is 43.7 Å². The van der Waals surface area contributed by atoms with Gasteiger partial charge >= 0.3 is 6.18 Å². The molecule has 184 valence electrons. The third-order valence-electron chi connectivity index (χ3n) is 5.61. The second kappa shape index (κ2) is 10.1. The molecule has 0 saturated carbocycles. The fourth-order valence-corrected chi connectivity index (χ4v) is 3.58. The highest BCUT2D eigenvalue weighted by atomic mass is 19.4. The Morgan fingerprint density at radius 1 is 0.972 bits per heavy atom. The summed E-state index contributed by atoms with van der Waals surface area (Å²) in [5.41, 5.74) is 1.89. The lowest BCUT2D eigenvalue weighted by Crippen LogP contribution is -2.26. The van der Waals surface area contributed by atoms with Crippen molar-refractivity contribution in [1.82, 2.24) is 9.97 Å². The Morgan fingerprint density at radius 2 is 1.78 bits per heavy atom. The van der Waals surface area contributed by atoms with E-state index >= 15 is 0 Å². The molecule has 0 unspecified atom stereocenters. The van der Waals surface area contributed by atoms with Crippen LogP contribution in [0.3, 0.4) is 0 Å². The summed E-state index contributed by atoms with van der Waals surface area (Å²) in [5, 5.41) is 2.99. The minimum Gasteiger partial charge on any atom is -0.438 e. The molecule has 0 fully saturated rings. The smallest absolute Gasteiger partial charge is 0.416 e. The van der Waals surface area contributed by atoms with Gasteiger partial charge in [0.05, 0.1) is 5.56 Å². The van der Waals surface area contributed by atoms with E-state index in [1.165, 1.54) is 24.1 Å². The van der Waals surface area contributed by atoms with Crippen LogP contribution in [0.1, 0.15) is 21.5 Å². The van der Waals surface area contributed by atoms with E-state index in [4.69, 9.17) is 4.74 Å². The molecule has 6 nitrogen and oxygen atoms in total. The first-order chi connectivity index (χ1) is 17.2. The fourth-order valence-electron chi connectivity index (χ4n) is 3.58. The van der Waals surface area contributed by atoms with E-state index in [2.05, 4.69) is 15.3 Å². The number of alkyl halides is 3. The third-order valence-corrected chi connectivity index (χ3v) is 5.61. The average Bonchev–Trinajstić information content (AvgIpc) is 2.89. The predicted octanol–water partition coefficient (Wildman–Crippen LogP) is 6.58. The van der Waals surface area contributed by atoms with Crippen LogP contribution in [-0.4, -0.2) is 30.0 Å². The molecule has 2 aromatic heterocycles. The maximum absolute atomic E-state index is 13.1. The molecule has 0 radical (unpaired) electrons. The molecule has 2 heterocycles. The Balaban J connectivity index is 1.64. The van der Waals surface area contributed by atoms with Crippen LogP contribution in [0.25, 0.3) is 11.1 Å². The van der Waals surface area contributed by atoms with Gasteiger partial charge in [-0.1, -0.05) is 12.1 Å². The van der Waals surface area contributed by atoms with Crippen molar-refractivity contribution in [2.45, 2.75) is 13.1 Å². The number of carbonyl (C=O) groups excluding carboxylic acids is 1. The molecule has 4 rings (SSSR count). The first-order valence-electron chi connectivity index (χ1n) is 11.0. The summed E-state index contributed by atoms with van der Waals surface area (Å²) < 4.78 is 45.5. The Morgan fingerprint density at radius 3 is 2.53 bits per heavy atom. The van der Waals surface area contributed by atoms with E-state index in [0.717, 1.165) is 28.8 Å².